The van der Waals surface area contributed by atoms with Crippen molar-refractivity contribution in [2.24, 2.45) is 0 Å². The average molecular weight is 301 g/mol. The molecular formula is C17H17ClN2O. The molecule has 0 radical (unpaired) electrons. The number of aldehydes is 1. The number of carbonyl (C=O) groups is 1. The maximum absolute atomic E-state index is 10.8. The molecule has 0 N–H and O–H groups in total. The minimum Gasteiger partial charge on any atom is -0.368 e. The molecule has 0 aliphatic carbocycles. The molecule has 0 atom stereocenters. The van der Waals surface area contributed by atoms with Gasteiger partial charge in [-0.15, -0.1) is 0 Å². The number of hydrogen-bond acceptors (Lipinski definition) is 3. The highest BCUT2D eigenvalue weighted by atomic mass is 35.5. The van der Waals surface area contributed by atoms with Crippen molar-refractivity contribution >= 4 is 29.3 Å². The van der Waals surface area contributed by atoms with Gasteiger partial charge in [-0.25, -0.2) is 0 Å². The lowest BCUT2D eigenvalue weighted by atomic mass is 10.2. The molecule has 1 aliphatic rings. The van der Waals surface area contributed by atoms with E-state index in [1.165, 1.54) is 5.69 Å². The summed E-state index contributed by atoms with van der Waals surface area (Å²) in [5.74, 6) is 0. The number of nitrogens with zero attached hydrogens (tertiary/aromatic N) is 2. The normalized spacial score (nSPS) is 15.1. The topological polar surface area (TPSA) is 23.6 Å². The average Bonchev–Trinajstić information content (AvgIpc) is 2.56. The Balaban J connectivity index is 1.68. The van der Waals surface area contributed by atoms with Crippen molar-refractivity contribution in [1.82, 2.24) is 0 Å². The number of carbonyl (C=O) groups excluding carboxylic acids is 1. The first-order chi connectivity index (χ1) is 10.3. The van der Waals surface area contributed by atoms with E-state index in [2.05, 4.69) is 34.1 Å². The molecule has 1 aliphatic heterocycles. The molecule has 3 rings (SSSR count). The van der Waals surface area contributed by atoms with Crippen LogP contribution >= 0.6 is 11.6 Å². The minimum absolute atomic E-state index is 0.521. The van der Waals surface area contributed by atoms with E-state index in [9.17, 15) is 4.79 Å². The fraction of sp³-hybridized carbons (Fsp3) is 0.235. The van der Waals surface area contributed by atoms with Crippen molar-refractivity contribution in [3.8, 4) is 0 Å². The van der Waals surface area contributed by atoms with Gasteiger partial charge in [-0.2, -0.15) is 0 Å². The first kappa shape index (κ1) is 14.0. The second-order valence-corrected chi connectivity index (χ2v) is 5.54. The molecule has 21 heavy (non-hydrogen) atoms. The molecule has 3 nitrogen and oxygen atoms in total. The van der Waals surface area contributed by atoms with E-state index < -0.39 is 0 Å². The largest absolute Gasteiger partial charge is 0.368 e. The molecule has 1 fully saturated rings. The summed E-state index contributed by atoms with van der Waals surface area (Å²) < 4.78 is 0. The highest BCUT2D eigenvalue weighted by molar-refractivity contribution is 6.33. The second-order valence-electron chi connectivity index (χ2n) is 5.13. The molecule has 0 unspecified atom stereocenters. The highest BCUT2D eigenvalue weighted by Crippen LogP contribution is 2.25. The van der Waals surface area contributed by atoms with E-state index in [1.54, 1.807) is 6.07 Å². The molecule has 2 aromatic rings. The summed E-state index contributed by atoms with van der Waals surface area (Å²) in [5, 5.41) is 0.521. The Labute approximate surface area is 129 Å². The van der Waals surface area contributed by atoms with Crippen molar-refractivity contribution in [3.63, 3.8) is 0 Å². The van der Waals surface area contributed by atoms with E-state index >= 15 is 0 Å². The Hall–Kier alpha value is -2.00. The van der Waals surface area contributed by atoms with Gasteiger partial charge in [0.1, 0.15) is 0 Å². The molecule has 0 aromatic heterocycles. The van der Waals surface area contributed by atoms with Crippen LogP contribution in [0, 0.1) is 0 Å². The number of para-hydroxylation sites is 1. The predicted octanol–water partition coefficient (Wildman–Crippen LogP) is 3.48. The van der Waals surface area contributed by atoms with Crippen LogP contribution in [-0.4, -0.2) is 32.5 Å². The lowest BCUT2D eigenvalue weighted by Crippen LogP contribution is -2.46. The van der Waals surface area contributed by atoms with E-state index in [1.807, 2.05) is 18.2 Å². The van der Waals surface area contributed by atoms with Crippen molar-refractivity contribution < 1.29 is 4.79 Å². The van der Waals surface area contributed by atoms with Gasteiger partial charge in [0.05, 0.1) is 5.02 Å². The van der Waals surface area contributed by atoms with Crippen molar-refractivity contribution in [1.29, 1.82) is 0 Å². The molecule has 0 amide bonds. The lowest BCUT2D eigenvalue weighted by Gasteiger charge is -2.37. The Bertz CT molecular complexity index is 622. The third-order valence-electron chi connectivity index (χ3n) is 3.88. The smallest absolute Gasteiger partial charge is 0.151 e. The summed E-state index contributed by atoms with van der Waals surface area (Å²) in [6.07, 6.45) is 0.791. The fourth-order valence-corrected chi connectivity index (χ4v) is 2.89. The van der Waals surface area contributed by atoms with Gasteiger partial charge in [0, 0.05) is 43.1 Å². The summed E-state index contributed by atoms with van der Waals surface area (Å²) in [6.45, 7) is 3.87. The van der Waals surface area contributed by atoms with Gasteiger partial charge in [0.25, 0.3) is 0 Å². The van der Waals surface area contributed by atoms with Crippen LogP contribution in [0.25, 0.3) is 0 Å². The quantitative estimate of drug-likeness (QED) is 0.811. The van der Waals surface area contributed by atoms with Gasteiger partial charge < -0.3 is 9.80 Å². The summed E-state index contributed by atoms with van der Waals surface area (Å²) in [7, 11) is 0. The molecule has 0 spiro atoms. The van der Waals surface area contributed by atoms with Gasteiger partial charge >= 0.3 is 0 Å². The van der Waals surface area contributed by atoms with Crippen LogP contribution in [0.15, 0.2) is 48.5 Å². The predicted molar refractivity (Wildman–Crippen MR) is 87.7 cm³/mol. The number of anilines is 2. The number of benzene rings is 2. The van der Waals surface area contributed by atoms with E-state index in [4.69, 9.17) is 11.6 Å². The molecule has 108 valence electrons. The molecule has 4 heteroatoms. The Morgan fingerprint density at radius 2 is 1.48 bits per heavy atom. The van der Waals surface area contributed by atoms with E-state index in [0.29, 0.717) is 10.6 Å². The third-order valence-corrected chi connectivity index (χ3v) is 4.20. The van der Waals surface area contributed by atoms with Crippen LogP contribution < -0.4 is 9.80 Å². The van der Waals surface area contributed by atoms with Gasteiger partial charge in [-0.1, -0.05) is 29.8 Å². The fourth-order valence-electron chi connectivity index (χ4n) is 2.67. The summed E-state index contributed by atoms with van der Waals surface area (Å²) in [5.41, 5.74) is 2.90. The van der Waals surface area contributed by atoms with Crippen LogP contribution in [0.4, 0.5) is 11.4 Å². The lowest BCUT2D eigenvalue weighted by molar-refractivity contribution is 0.112. The first-order valence-electron chi connectivity index (χ1n) is 7.07. The first-order valence-corrected chi connectivity index (χ1v) is 7.45. The highest BCUT2D eigenvalue weighted by Gasteiger charge is 2.17. The Morgan fingerprint density at radius 1 is 0.857 bits per heavy atom. The number of halogens is 1. The van der Waals surface area contributed by atoms with Gasteiger partial charge in [-0.05, 0) is 30.3 Å². The maximum Gasteiger partial charge on any atom is 0.151 e. The van der Waals surface area contributed by atoms with Crippen molar-refractivity contribution in [2.75, 3.05) is 36.0 Å². The molecule has 1 saturated heterocycles. The molecule has 0 bridgehead atoms. The van der Waals surface area contributed by atoms with Crippen molar-refractivity contribution in [2.45, 2.75) is 0 Å². The molecule has 2 aromatic carbocycles. The minimum atomic E-state index is 0.521. The van der Waals surface area contributed by atoms with Crippen molar-refractivity contribution in [3.05, 3.63) is 59.1 Å². The molecular weight excluding hydrogens is 284 g/mol. The van der Waals surface area contributed by atoms with Crippen LogP contribution in [-0.2, 0) is 0 Å². The zero-order chi connectivity index (χ0) is 14.7. The van der Waals surface area contributed by atoms with Crippen LogP contribution in [0.5, 0.6) is 0 Å². The van der Waals surface area contributed by atoms with Gasteiger partial charge in [-0.3, -0.25) is 4.79 Å². The number of hydrogen-bond donors (Lipinski definition) is 0. The van der Waals surface area contributed by atoms with Crippen LogP contribution in [0.1, 0.15) is 10.4 Å². The number of piperazine rings is 1. The van der Waals surface area contributed by atoms with Gasteiger partial charge in [0.2, 0.25) is 0 Å². The second kappa shape index (κ2) is 6.19. The Kier molecular flexibility index (Phi) is 4.11. The zero-order valence-corrected chi connectivity index (χ0v) is 12.5. The SMILES string of the molecule is O=Cc1ccc(N2CCN(c3ccccc3)CC2)cc1Cl. The molecule has 1 heterocycles. The summed E-state index contributed by atoms with van der Waals surface area (Å²) in [4.78, 5) is 15.5. The molecule has 0 saturated carbocycles. The monoisotopic (exact) mass is 300 g/mol. The Morgan fingerprint density at radius 3 is 2.05 bits per heavy atom. The van der Waals surface area contributed by atoms with Crippen LogP contribution in [0.2, 0.25) is 5.02 Å². The maximum atomic E-state index is 10.8. The van der Waals surface area contributed by atoms with E-state index in [0.717, 1.165) is 38.2 Å². The van der Waals surface area contributed by atoms with E-state index in [-0.39, 0.29) is 0 Å². The summed E-state index contributed by atoms with van der Waals surface area (Å²) >= 11 is 6.10. The standard InChI is InChI=1S/C17H17ClN2O/c18-17-12-16(7-6-14(17)13-21)20-10-8-19(9-11-20)15-4-2-1-3-5-15/h1-7,12-13H,8-11H2. The third kappa shape index (κ3) is 3.03. The van der Waals surface area contributed by atoms with Gasteiger partial charge in [0.15, 0.2) is 6.29 Å². The van der Waals surface area contributed by atoms with Crippen LogP contribution in [0.3, 0.4) is 0 Å². The zero-order valence-electron chi connectivity index (χ0n) is 11.7. The number of rotatable bonds is 3. The summed E-state index contributed by atoms with van der Waals surface area (Å²) in [6, 6.07) is 16.1.